The van der Waals surface area contributed by atoms with Crippen molar-refractivity contribution in [2.24, 2.45) is 0 Å². The van der Waals surface area contributed by atoms with E-state index in [1.165, 1.54) is 31.1 Å². The topological polar surface area (TPSA) is 107 Å². The van der Waals surface area contributed by atoms with Crippen molar-refractivity contribution in [1.82, 2.24) is 30.1 Å². The number of hydrogen-bond donors (Lipinski definition) is 3. The van der Waals surface area contributed by atoms with Crippen molar-refractivity contribution < 1.29 is 5.11 Å². The second-order valence-electron chi connectivity index (χ2n) is 7.95. The fraction of sp³-hybridized carbons (Fsp3) is 0.217. The fourth-order valence-electron chi connectivity index (χ4n) is 4.37. The lowest BCUT2D eigenvalue weighted by molar-refractivity contribution is 0.473. The second kappa shape index (κ2) is 7.09. The third kappa shape index (κ3) is 3.07. The highest BCUT2D eigenvalue weighted by Gasteiger charge is 2.18. The lowest BCUT2D eigenvalue weighted by Crippen LogP contribution is -2.29. The first-order valence-electron chi connectivity index (χ1n) is 10.5. The standard InChI is InChI=1S/C23H21N7O/c31-15-8-14(10-24-11-15)17-4-5-18-22(27-17)23(29-28-18)19-9-16-20(26-19)12-25-13-21(16)30-6-2-1-3-7-30/h4-5,8-13,26,31H,1-3,6-7H2,(H,28,29). The van der Waals surface area contributed by atoms with Crippen molar-refractivity contribution in [3.8, 4) is 28.4 Å². The van der Waals surface area contributed by atoms with Gasteiger partial charge in [-0.05, 0) is 43.5 Å². The fourth-order valence-corrected chi connectivity index (χ4v) is 4.37. The van der Waals surface area contributed by atoms with Crippen LogP contribution in [-0.4, -0.2) is 48.3 Å². The Hall–Kier alpha value is -3.94. The van der Waals surface area contributed by atoms with E-state index >= 15 is 0 Å². The number of anilines is 1. The highest BCUT2D eigenvalue weighted by Crippen LogP contribution is 2.34. The minimum atomic E-state index is 0.111. The van der Waals surface area contributed by atoms with Gasteiger partial charge in [0.25, 0.3) is 0 Å². The van der Waals surface area contributed by atoms with Gasteiger partial charge in [-0.2, -0.15) is 5.10 Å². The molecule has 5 aromatic heterocycles. The van der Waals surface area contributed by atoms with Crippen LogP contribution in [0.5, 0.6) is 5.75 Å². The lowest BCUT2D eigenvalue weighted by Gasteiger charge is -2.28. The maximum atomic E-state index is 9.77. The normalized spacial score (nSPS) is 14.5. The molecule has 0 aliphatic carbocycles. The Bertz CT molecular complexity index is 1400. The number of aromatic nitrogens is 6. The smallest absolute Gasteiger partial charge is 0.135 e. The average molecular weight is 411 g/mol. The molecule has 0 unspecified atom stereocenters. The number of pyridine rings is 3. The molecule has 1 fully saturated rings. The lowest BCUT2D eigenvalue weighted by atomic mass is 10.1. The van der Waals surface area contributed by atoms with E-state index in [1.807, 2.05) is 24.5 Å². The first-order valence-corrected chi connectivity index (χ1v) is 10.5. The van der Waals surface area contributed by atoms with Gasteiger partial charge >= 0.3 is 0 Å². The zero-order valence-corrected chi connectivity index (χ0v) is 16.8. The van der Waals surface area contributed by atoms with Crippen LogP contribution in [0.15, 0.2) is 49.1 Å². The van der Waals surface area contributed by atoms with Crippen LogP contribution in [0.2, 0.25) is 0 Å². The van der Waals surface area contributed by atoms with Gasteiger partial charge in [0.2, 0.25) is 0 Å². The van der Waals surface area contributed by atoms with Crippen molar-refractivity contribution in [3.63, 3.8) is 0 Å². The van der Waals surface area contributed by atoms with Crippen LogP contribution >= 0.6 is 0 Å². The molecule has 154 valence electrons. The number of nitrogens with one attached hydrogen (secondary N) is 2. The second-order valence-corrected chi connectivity index (χ2v) is 7.95. The predicted octanol–water partition coefficient (Wildman–Crippen LogP) is 4.26. The maximum Gasteiger partial charge on any atom is 0.135 e. The summed E-state index contributed by atoms with van der Waals surface area (Å²) < 4.78 is 0. The van der Waals surface area contributed by atoms with E-state index in [2.05, 4.69) is 36.1 Å². The Morgan fingerprint density at radius 1 is 0.903 bits per heavy atom. The third-order valence-electron chi connectivity index (χ3n) is 5.90. The number of nitrogens with zero attached hydrogens (tertiary/aromatic N) is 5. The highest BCUT2D eigenvalue weighted by molar-refractivity contribution is 5.98. The number of H-pyrrole nitrogens is 2. The molecule has 0 bridgehead atoms. The zero-order chi connectivity index (χ0) is 20.8. The Labute approximate surface area is 178 Å². The van der Waals surface area contributed by atoms with Gasteiger partial charge in [-0.1, -0.05) is 0 Å². The molecule has 5 aromatic rings. The van der Waals surface area contributed by atoms with E-state index in [4.69, 9.17) is 4.98 Å². The Morgan fingerprint density at radius 2 is 1.77 bits per heavy atom. The van der Waals surface area contributed by atoms with Gasteiger partial charge in [0.1, 0.15) is 17.0 Å². The van der Waals surface area contributed by atoms with E-state index in [9.17, 15) is 5.11 Å². The molecule has 31 heavy (non-hydrogen) atoms. The summed E-state index contributed by atoms with van der Waals surface area (Å²) in [4.78, 5) is 19.2. The van der Waals surface area contributed by atoms with Crippen molar-refractivity contribution in [3.05, 3.63) is 49.1 Å². The molecule has 1 aliphatic heterocycles. The molecular weight excluding hydrogens is 390 g/mol. The first-order chi connectivity index (χ1) is 15.3. The molecule has 0 saturated carbocycles. The van der Waals surface area contributed by atoms with Crippen molar-refractivity contribution in [2.75, 3.05) is 18.0 Å². The third-order valence-corrected chi connectivity index (χ3v) is 5.90. The van der Waals surface area contributed by atoms with Crippen LogP contribution in [0.25, 0.3) is 44.6 Å². The molecule has 1 aliphatic rings. The number of aromatic amines is 2. The number of fused-ring (bicyclic) bond motifs is 2. The van der Waals surface area contributed by atoms with Crippen LogP contribution < -0.4 is 4.90 Å². The maximum absolute atomic E-state index is 9.77. The van der Waals surface area contributed by atoms with Gasteiger partial charge in [-0.25, -0.2) is 4.98 Å². The van der Waals surface area contributed by atoms with Gasteiger partial charge in [-0.15, -0.1) is 0 Å². The summed E-state index contributed by atoms with van der Waals surface area (Å²) in [5.74, 6) is 0.111. The molecular formula is C23H21N7O. The molecule has 8 heteroatoms. The SMILES string of the molecule is Oc1cncc(-c2ccc3[nH]nc(-c4cc5c(N6CCCCC6)cncc5[nH]4)c3n2)c1. The predicted molar refractivity (Wildman–Crippen MR) is 120 cm³/mol. The molecule has 8 nitrogen and oxygen atoms in total. The molecule has 0 amide bonds. The Morgan fingerprint density at radius 3 is 2.65 bits per heavy atom. The summed E-state index contributed by atoms with van der Waals surface area (Å²) >= 11 is 0. The Balaban J connectivity index is 1.46. The summed E-state index contributed by atoms with van der Waals surface area (Å²) in [6.45, 7) is 2.13. The zero-order valence-electron chi connectivity index (χ0n) is 16.8. The van der Waals surface area contributed by atoms with E-state index in [1.54, 1.807) is 12.3 Å². The van der Waals surface area contributed by atoms with Gasteiger partial charge in [0.15, 0.2) is 0 Å². The number of hydrogen-bond acceptors (Lipinski definition) is 6. The minimum absolute atomic E-state index is 0.111. The summed E-state index contributed by atoms with van der Waals surface area (Å²) in [5, 5.41) is 18.5. The van der Waals surface area contributed by atoms with E-state index < -0.39 is 0 Å². The molecule has 0 atom stereocenters. The van der Waals surface area contributed by atoms with Crippen LogP contribution in [0, 0.1) is 0 Å². The summed E-state index contributed by atoms with van der Waals surface area (Å²) in [6.07, 6.45) is 10.6. The number of aromatic hydroxyl groups is 1. The summed E-state index contributed by atoms with van der Waals surface area (Å²) in [6, 6.07) is 7.63. The van der Waals surface area contributed by atoms with Crippen molar-refractivity contribution in [2.45, 2.75) is 19.3 Å². The largest absolute Gasteiger partial charge is 0.506 e. The van der Waals surface area contributed by atoms with E-state index in [-0.39, 0.29) is 5.75 Å². The summed E-state index contributed by atoms with van der Waals surface area (Å²) in [7, 11) is 0. The van der Waals surface area contributed by atoms with Gasteiger partial charge in [-0.3, -0.25) is 15.1 Å². The van der Waals surface area contributed by atoms with E-state index in [0.29, 0.717) is 0 Å². The summed E-state index contributed by atoms with van der Waals surface area (Å²) in [5.41, 5.74) is 6.89. The van der Waals surface area contributed by atoms with Crippen LogP contribution in [0.1, 0.15) is 19.3 Å². The van der Waals surface area contributed by atoms with Crippen molar-refractivity contribution in [1.29, 1.82) is 0 Å². The molecule has 1 saturated heterocycles. The highest BCUT2D eigenvalue weighted by atomic mass is 16.3. The van der Waals surface area contributed by atoms with Gasteiger partial charge in [0, 0.05) is 30.2 Å². The molecule has 6 heterocycles. The van der Waals surface area contributed by atoms with Crippen LogP contribution in [0.3, 0.4) is 0 Å². The average Bonchev–Trinajstić information content (AvgIpc) is 3.43. The minimum Gasteiger partial charge on any atom is -0.506 e. The number of piperidine rings is 1. The van der Waals surface area contributed by atoms with Crippen LogP contribution in [-0.2, 0) is 0 Å². The first kappa shape index (κ1) is 17.9. The molecule has 6 rings (SSSR count). The Kier molecular flexibility index (Phi) is 4.09. The molecule has 3 N–H and O–H groups in total. The van der Waals surface area contributed by atoms with Crippen molar-refractivity contribution >= 4 is 27.6 Å². The molecule has 0 spiro atoms. The monoisotopic (exact) mass is 411 g/mol. The quantitative estimate of drug-likeness (QED) is 0.410. The molecule has 0 aromatic carbocycles. The van der Waals surface area contributed by atoms with Crippen LogP contribution in [0.4, 0.5) is 5.69 Å². The molecule has 0 radical (unpaired) electrons. The van der Waals surface area contributed by atoms with E-state index in [0.717, 1.165) is 57.7 Å². The van der Waals surface area contributed by atoms with Gasteiger partial charge < -0.3 is 15.0 Å². The van der Waals surface area contributed by atoms with Gasteiger partial charge in [0.05, 0.1) is 46.7 Å². The number of rotatable bonds is 3.